The zero-order valence-electron chi connectivity index (χ0n) is 24.4. The predicted octanol–water partition coefficient (Wildman–Crippen LogP) is 8.53. The van der Waals surface area contributed by atoms with Crippen LogP contribution in [0.2, 0.25) is 0 Å². The molecule has 0 unspecified atom stereocenters. The minimum Gasteiger partial charge on any atom is -0.494 e. The summed E-state index contributed by atoms with van der Waals surface area (Å²) in [7, 11) is 0. The van der Waals surface area contributed by atoms with Crippen LogP contribution >= 0.6 is 0 Å². The third-order valence-corrected chi connectivity index (χ3v) is 7.50. The van der Waals surface area contributed by atoms with Crippen LogP contribution < -0.4 is 9.64 Å². The van der Waals surface area contributed by atoms with Crippen molar-refractivity contribution >= 4 is 29.4 Å². The first-order valence-electron chi connectivity index (χ1n) is 15.3. The zero-order chi connectivity index (χ0) is 29.4. The third-order valence-electron chi connectivity index (χ3n) is 7.50. The molecule has 0 aliphatic carbocycles. The Kier molecular flexibility index (Phi) is 12.3. The fraction of sp³-hybridized carbons (Fsp3) is 0.324. The number of ketones is 1. The fourth-order valence-electron chi connectivity index (χ4n) is 5.05. The quantitative estimate of drug-likeness (QED) is 0.0673. The number of aryl methyl sites for hydroxylation is 1. The van der Waals surface area contributed by atoms with Crippen LogP contribution in [0.4, 0.5) is 5.69 Å². The van der Waals surface area contributed by atoms with E-state index in [1.165, 1.54) is 75.5 Å². The normalized spacial score (nSPS) is 12.9. The second-order valence-electron chi connectivity index (χ2n) is 10.8. The maximum atomic E-state index is 12.2. The van der Waals surface area contributed by atoms with E-state index in [0.29, 0.717) is 17.9 Å². The van der Waals surface area contributed by atoms with Crippen molar-refractivity contribution in [3.8, 4) is 5.75 Å². The van der Waals surface area contributed by atoms with Crippen molar-refractivity contribution in [1.29, 1.82) is 0 Å². The van der Waals surface area contributed by atoms with Crippen LogP contribution in [0.15, 0.2) is 97.1 Å². The van der Waals surface area contributed by atoms with Crippen molar-refractivity contribution < 1.29 is 19.1 Å². The van der Waals surface area contributed by atoms with Crippen molar-refractivity contribution in [2.45, 2.75) is 70.6 Å². The lowest BCUT2D eigenvalue weighted by Gasteiger charge is -2.14. The molecule has 0 spiro atoms. The maximum Gasteiger partial charge on any atom is 0.258 e. The number of anilines is 1. The van der Waals surface area contributed by atoms with Gasteiger partial charge in [-0.05, 0) is 60.7 Å². The smallest absolute Gasteiger partial charge is 0.258 e. The van der Waals surface area contributed by atoms with Crippen LogP contribution in [-0.4, -0.2) is 24.2 Å². The van der Waals surface area contributed by atoms with Gasteiger partial charge in [0.15, 0.2) is 5.78 Å². The molecule has 0 bridgehead atoms. The molecule has 0 saturated carbocycles. The molecule has 4 rings (SSSR count). The first kappa shape index (κ1) is 30.7. The number of benzene rings is 3. The lowest BCUT2D eigenvalue weighted by molar-refractivity contribution is -0.119. The topological polar surface area (TPSA) is 63.7 Å². The molecule has 5 nitrogen and oxygen atoms in total. The van der Waals surface area contributed by atoms with Crippen LogP contribution in [0.1, 0.15) is 85.7 Å². The summed E-state index contributed by atoms with van der Waals surface area (Å²) in [6.45, 7) is 0.676. The number of imide groups is 1. The summed E-state index contributed by atoms with van der Waals surface area (Å²) in [6, 6.07) is 25.0. The molecule has 0 saturated heterocycles. The highest BCUT2D eigenvalue weighted by molar-refractivity contribution is 6.28. The lowest BCUT2D eigenvalue weighted by atomic mass is 10.0. The van der Waals surface area contributed by atoms with E-state index in [-0.39, 0.29) is 17.6 Å². The number of carbonyl (C=O) groups excluding carboxylic acids is 3. The van der Waals surface area contributed by atoms with Gasteiger partial charge in [-0.1, -0.05) is 112 Å². The molecule has 0 fully saturated rings. The molecule has 3 aromatic carbocycles. The Labute approximate surface area is 249 Å². The number of rotatable bonds is 18. The third kappa shape index (κ3) is 9.99. The average Bonchev–Trinajstić information content (AvgIpc) is 3.36. The molecule has 0 N–H and O–H groups in total. The van der Waals surface area contributed by atoms with Gasteiger partial charge < -0.3 is 4.74 Å². The second-order valence-corrected chi connectivity index (χ2v) is 10.8. The van der Waals surface area contributed by atoms with E-state index in [1.807, 2.05) is 36.4 Å². The van der Waals surface area contributed by atoms with Gasteiger partial charge in [0.1, 0.15) is 5.75 Å². The molecular weight excluding hydrogens is 522 g/mol. The van der Waals surface area contributed by atoms with E-state index < -0.39 is 0 Å². The SMILES string of the molecule is O=C(/C=C/c1ccc(CCCCCCCCCCCCOc2ccc(N3C(=O)C=CC3=O)cc2)cc1)c1ccccc1. The molecule has 0 aromatic heterocycles. The van der Waals surface area contributed by atoms with Gasteiger partial charge in [0.25, 0.3) is 11.8 Å². The number of carbonyl (C=O) groups is 3. The highest BCUT2D eigenvalue weighted by Crippen LogP contribution is 2.22. The highest BCUT2D eigenvalue weighted by atomic mass is 16.5. The fourth-order valence-corrected chi connectivity index (χ4v) is 5.05. The van der Waals surface area contributed by atoms with Gasteiger partial charge in [-0.15, -0.1) is 0 Å². The van der Waals surface area contributed by atoms with Crippen molar-refractivity contribution in [3.63, 3.8) is 0 Å². The van der Waals surface area contributed by atoms with E-state index >= 15 is 0 Å². The Morgan fingerprint density at radius 1 is 0.643 bits per heavy atom. The van der Waals surface area contributed by atoms with E-state index in [4.69, 9.17) is 4.74 Å². The Balaban J connectivity index is 0.959. The number of hydrogen-bond acceptors (Lipinski definition) is 4. The summed E-state index contributed by atoms with van der Waals surface area (Å²) >= 11 is 0. The summed E-state index contributed by atoms with van der Waals surface area (Å²) in [6.07, 6.45) is 19.6. The molecule has 218 valence electrons. The van der Waals surface area contributed by atoms with Gasteiger partial charge in [0.05, 0.1) is 12.3 Å². The van der Waals surface area contributed by atoms with Gasteiger partial charge in [0.2, 0.25) is 0 Å². The Morgan fingerprint density at radius 3 is 1.83 bits per heavy atom. The zero-order valence-corrected chi connectivity index (χ0v) is 24.4. The number of nitrogens with zero attached hydrogens (tertiary/aromatic N) is 1. The molecule has 42 heavy (non-hydrogen) atoms. The monoisotopic (exact) mass is 563 g/mol. The van der Waals surface area contributed by atoms with Crippen LogP contribution in [0, 0.1) is 0 Å². The summed E-state index contributed by atoms with van der Waals surface area (Å²) in [5, 5.41) is 0. The van der Waals surface area contributed by atoms with E-state index in [0.717, 1.165) is 29.1 Å². The van der Waals surface area contributed by atoms with E-state index in [9.17, 15) is 14.4 Å². The van der Waals surface area contributed by atoms with Crippen molar-refractivity contribution in [3.05, 3.63) is 114 Å². The summed E-state index contributed by atoms with van der Waals surface area (Å²) in [5.74, 6) is 0.167. The predicted molar refractivity (Wildman–Crippen MR) is 170 cm³/mol. The molecule has 3 aromatic rings. The summed E-state index contributed by atoms with van der Waals surface area (Å²) < 4.78 is 5.81. The minimum absolute atomic E-state index is 0.0290. The standard InChI is InChI=1S/C37H41NO4/c39-35(32-15-11-9-12-16-32)26-21-31-19-17-30(18-20-31)14-10-7-5-3-1-2-4-6-8-13-29-42-34-24-22-33(23-25-34)38-36(40)27-28-37(38)41/h9,11-12,15-28H,1-8,10,13-14,29H2/b26-21+. The molecule has 1 heterocycles. The molecule has 5 heteroatoms. The summed E-state index contributed by atoms with van der Waals surface area (Å²) in [4.78, 5) is 36.9. The number of hydrogen-bond donors (Lipinski definition) is 0. The molecule has 2 amide bonds. The number of unbranched alkanes of at least 4 members (excludes halogenated alkanes) is 9. The van der Waals surface area contributed by atoms with Crippen LogP contribution in [0.5, 0.6) is 5.75 Å². The van der Waals surface area contributed by atoms with E-state index in [1.54, 1.807) is 30.3 Å². The molecule has 1 aliphatic rings. The first-order chi connectivity index (χ1) is 20.6. The van der Waals surface area contributed by atoms with Gasteiger partial charge in [-0.3, -0.25) is 14.4 Å². The minimum atomic E-state index is -0.309. The molecular formula is C37H41NO4. The number of amides is 2. The Morgan fingerprint density at radius 2 is 1.21 bits per heavy atom. The van der Waals surface area contributed by atoms with Crippen LogP contribution in [-0.2, 0) is 16.0 Å². The van der Waals surface area contributed by atoms with Crippen LogP contribution in [0.25, 0.3) is 6.08 Å². The number of allylic oxidation sites excluding steroid dienone is 1. The van der Waals surface area contributed by atoms with Crippen molar-refractivity contribution in [2.75, 3.05) is 11.5 Å². The molecule has 0 radical (unpaired) electrons. The highest BCUT2D eigenvalue weighted by Gasteiger charge is 2.24. The molecule has 0 atom stereocenters. The van der Waals surface area contributed by atoms with Gasteiger partial charge in [-0.2, -0.15) is 0 Å². The van der Waals surface area contributed by atoms with Crippen molar-refractivity contribution in [1.82, 2.24) is 0 Å². The lowest BCUT2D eigenvalue weighted by Crippen LogP contribution is -2.29. The van der Waals surface area contributed by atoms with Gasteiger partial charge >= 0.3 is 0 Å². The Hall–Kier alpha value is -4.25. The van der Waals surface area contributed by atoms with E-state index in [2.05, 4.69) is 24.3 Å². The molecule has 1 aliphatic heterocycles. The van der Waals surface area contributed by atoms with Crippen molar-refractivity contribution in [2.24, 2.45) is 0 Å². The van der Waals surface area contributed by atoms with Crippen LogP contribution in [0.3, 0.4) is 0 Å². The maximum absolute atomic E-state index is 12.2. The van der Waals surface area contributed by atoms with Gasteiger partial charge in [-0.25, -0.2) is 4.90 Å². The first-order valence-corrected chi connectivity index (χ1v) is 15.3. The largest absolute Gasteiger partial charge is 0.494 e. The average molecular weight is 564 g/mol. The Bertz CT molecular complexity index is 1320. The summed E-state index contributed by atoms with van der Waals surface area (Å²) in [5.41, 5.74) is 3.69. The van der Waals surface area contributed by atoms with Gasteiger partial charge in [0, 0.05) is 17.7 Å². The second kappa shape index (κ2) is 16.9. The number of ether oxygens (including phenoxy) is 1.